The normalized spacial score (nSPS) is 19.9. The zero-order valence-electron chi connectivity index (χ0n) is 19.7. The lowest BCUT2D eigenvalue weighted by Crippen LogP contribution is -2.34. The Labute approximate surface area is 216 Å². The molecule has 3 rings (SSSR count). The molecule has 0 aromatic carbocycles. The smallest absolute Gasteiger partial charge is 0.340 e. The number of hydrogen-bond donors (Lipinski definition) is 6. The van der Waals surface area contributed by atoms with Crippen molar-refractivity contribution >= 4 is 43.8 Å². The Morgan fingerprint density at radius 1 is 1.32 bits per heavy atom. The van der Waals surface area contributed by atoms with Crippen molar-refractivity contribution in [1.82, 2.24) is 19.5 Å². The van der Waals surface area contributed by atoms with E-state index in [-0.39, 0.29) is 40.3 Å². The molecule has 1 unspecified atom stereocenters. The molecule has 0 radical (unpaired) electrons. The molecule has 37 heavy (non-hydrogen) atoms. The van der Waals surface area contributed by atoms with Crippen molar-refractivity contribution < 1.29 is 47.7 Å². The molecule has 1 aliphatic heterocycles. The van der Waals surface area contributed by atoms with Crippen LogP contribution in [0.3, 0.4) is 0 Å². The lowest BCUT2D eigenvalue weighted by Gasteiger charge is -2.25. The fourth-order valence-corrected chi connectivity index (χ4v) is 6.42. The minimum absolute atomic E-state index is 0.00400. The number of hydrogen-bond acceptors (Lipinski definition) is 10. The minimum Gasteiger partial charge on any atom is -0.385 e. The maximum atomic E-state index is 15.3. The van der Waals surface area contributed by atoms with Gasteiger partial charge in [0.25, 0.3) is 0 Å². The summed E-state index contributed by atoms with van der Waals surface area (Å²) in [6.45, 7) is 1.96. The van der Waals surface area contributed by atoms with Gasteiger partial charge in [0.05, 0.1) is 12.9 Å². The Kier molecular flexibility index (Phi) is 10.2. The molecule has 1 fully saturated rings. The quantitative estimate of drug-likeness (QED) is 0.119. The maximum Gasteiger partial charge on any atom is 0.340 e. The van der Waals surface area contributed by atoms with Gasteiger partial charge in [-0.1, -0.05) is 13.0 Å². The van der Waals surface area contributed by atoms with Crippen LogP contribution in [0.2, 0.25) is 5.28 Å². The average molecular weight is 588 g/mol. The van der Waals surface area contributed by atoms with Crippen LogP contribution in [0.1, 0.15) is 32.4 Å². The summed E-state index contributed by atoms with van der Waals surface area (Å²) in [7, 11) is -9.63. The molecular formula is C19H29ClFN5O9P2. The highest BCUT2D eigenvalue weighted by atomic mass is 35.5. The SMILES string of the molecule is CC/C=C(/COP(=O)(O)CP(=O)(O)O)[C@@H](O)[C@H](F)[C@@H](O)n1cnc2c(NC3CCOCC3)nc(Cl)nc21. The summed E-state index contributed by atoms with van der Waals surface area (Å²) >= 11 is 6.05. The number of aromatic nitrogens is 4. The number of allylic oxidation sites excluding steroid dienone is 1. The lowest BCUT2D eigenvalue weighted by molar-refractivity contribution is -0.0352. The summed E-state index contributed by atoms with van der Waals surface area (Å²) in [6.07, 6.45) is -2.31. The maximum absolute atomic E-state index is 15.3. The molecule has 0 spiro atoms. The van der Waals surface area contributed by atoms with E-state index in [2.05, 4.69) is 20.3 Å². The third-order valence-corrected chi connectivity index (χ3v) is 9.07. The predicted molar refractivity (Wildman–Crippen MR) is 131 cm³/mol. The number of halogens is 2. The van der Waals surface area contributed by atoms with E-state index in [9.17, 15) is 24.2 Å². The van der Waals surface area contributed by atoms with Crippen molar-refractivity contribution in [3.05, 3.63) is 23.3 Å². The van der Waals surface area contributed by atoms with E-state index >= 15 is 4.39 Å². The predicted octanol–water partition coefficient (Wildman–Crippen LogP) is 1.93. The summed E-state index contributed by atoms with van der Waals surface area (Å²) in [5.74, 6) is -1.16. The van der Waals surface area contributed by atoms with Gasteiger partial charge in [-0.3, -0.25) is 13.7 Å². The first kappa shape index (κ1) is 30.0. The first-order valence-electron chi connectivity index (χ1n) is 11.3. The largest absolute Gasteiger partial charge is 0.385 e. The first-order valence-corrected chi connectivity index (χ1v) is 15.2. The van der Waals surface area contributed by atoms with Crippen LogP contribution in [0, 0.1) is 0 Å². The van der Waals surface area contributed by atoms with Gasteiger partial charge in [0.15, 0.2) is 35.3 Å². The van der Waals surface area contributed by atoms with Gasteiger partial charge in [-0.2, -0.15) is 9.97 Å². The Bertz CT molecular complexity index is 1210. The standard InChI is InChI=1S/C19H29ClFN5O9P2/c1-2-3-11(8-35-37(32,33)10-36(29,30)31)15(27)13(21)18(28)26-9-22-14-16(24-19(20)25-17(14)26)23-12-4-6-34-7-5-12/h3,9,12-13,15,18,27-28H,2,4-8,10H2,1H3,(H,32,33)(H,23,24,25)(H2,29,30,31)/b11-3-/t13-,15+,18+/m0/s1. The van der Waals surface area contributed by atoms with Crippen LogP contribution in [-0.2, 0) is 18.4 Å². The van der Waals surface area contributed by atoms with Crippen molar-refractivity contribution in [2.45, 2.75) is 50.7 Å². The van der Waals surface area contributed by atoms with Crippen LogP contribution in [0.4, 0.5) is 10.2 Å². The van der Waals surface area contributed by atoms with E-state index < -0.39 is 46.2 Å². The minimum atomic E-state index is -4.88. The summed E-state index contributed by atoms with van der Waals surface area (Å²) in [5.41, 5.74) is -0.00776. The zero-order chi connectivity index (χ0) is 27.4. The van der Waals surface area contributed by atoms with E-state index in [0.29, 0.717) is 13.2 Å². The highest BCUT2D eigenvalue weighted by molar-refractivity contribution is 7.70. The Morgan fingerprint density at radius 3 is 2.62 bits per heavy atom. The molecule has 1 aliphatic rings. The summed E-state index contributed by atoms with van der Waals surface area (Å²) in [6, 6.07) is 0.0311. The molecule has 14 nitrogen and oxygen atoms in total. The van der Waals surface area contributed by atoms with Gasteiger partial charge in [0.2, 0.25) is 5.28 Å². The lowest BCUT2D eigenvalue weighted by atomic mass is 10.0. The van der Waals surface area contributed by atoms with Crippen molar-refractivity contribution in [2.24, 2.45) is 0 Å². The summed E-state index contributed by atoms with van der Waals surface area (Å²) in [5, 5.41) is 24.3. The number of nitrogens with zero attached hydrogens (tertiary/aromatic N) is 4. The molecule has 0 amide bonds. The van der Waals surface area contributed by atoms with Crippen molar-refractivity contribution in [3.63, 3.8) is 0 Å². The number of aliphatic hydroxyl groups excluding tert-OH is 2. The number of aliphatic hydroxyl groups is 2. The van der Waals surface area contributed by atoms with Crippen molar-refractivity contribution in [2.75, 3.05) is 31.0 Å². The summed E-state index contributed by atoms with van der Waals surface area (Å²) < 4.78 is 49.3. The molecular weight excluding hydrogens is 559 g/mol. The second kappa shape index (κ2) is 12.6. The van der Waals surface area contributed by atoms with Crippen LogP contribution in [0.15, 0.2) is 18.0 Å². The van der Waals surface area contributed by atoms with E-state index in [1.807, 2.05) is 0 Å². The molecule has 1 saturated heterocycles. The third kappa shape index (κ3) is 8.24. The molecule has 0 aliphatic carbocycles. The first-order chi connectivity index (χ1) is 17.3. The molecule has 4 atom stereocenters. The number of rotatable bonds is 12. The number of alkyl halides is 1. The number of anilines is 1. The molecule has 3 heterocycles. The molecule has 0 saturated carbocycles. The number of nitrogens with one attached hydrogen (secondary N) is 1. The Morgan fingerprint density at radius 2 is 2.00 bits per heavy atom. The molecule has 2 aromatic rings. The topological polar surface area (TPSA) is 209 Å². The highest BCUT2D eigenvalue weighted by Crippen LogP contribution is 2.55. The van der Waals surface area contributed by atoms with E-state index in [0.717, 1.165) is 23.7 Å². The van der Waals surface area contributed by atoms with Gasteiger partial charge in [0, 0.05) is 19.3 Å². The van der Waals surface area contributed by atoms with Crippen LogP contribution in [-0.4, -0.2) is 88.5 Å². The van der Waals surface area contributed by atoms with E-state index in [1.165, 1.54) is 6.08 Å². The Balaban J connectivity index is 1.79. The van der Waals surface area contributed by atoms with Gasteiger partial charge in [-0.15, -0.1) is 0 Å². The molecule has 208 valence electrons. The average Bonchev–Trinajstić information content (AvgIpc) is 3.23. The van der Waals surface area contributed by atoms with Gasteiger partial charge in [-0.05, 0) is 36.4 Å². The van der Waals surface area contributed by atoms with Crippen LogP contribution in [0.25, 0.3) is 11.2 Å². The zero-order valence-corrected chi connectivity index (χ0v) is 22.3. The van der Waals surface area contributed by atoms with Crippen LogP contribution >= 0.6 is 26.8 Å². The van der Waals surface area contributed by atoms with Gasteiger partial charge in [-0.25, -0.2) is 9.37 Å². The molecule has 6 N–H and O–H groups in total. The highest BCUT2D eigenvalue weighted by Gasteiger charge is 2.35. The van der Waals surface area contributed by atoms with Crippen LogP contribution < -0.4 is 5.32 Å². The fourth-order valence-electron chi connectivity index (χ4n) is 3.72. The number of fused-ring (bicyclic) bond motifs is 1. The van der Waals surface area contributed by atoms with Gasteiger partial charge >= 0.3 is 15.2 Å². The number of imidazole rings is 1. The number of ether oxygens (including phenoxy) is 1. The second-order valence-electron chi connectivity index (χ2n) is 8.40. The molecule has 2 aromatic heterocycles. The summed E-state index contributed by atoms with van der Waals surface area (Å²) in [4.78, 5) is 39.9. The van der Waals surface area contributed by atoms with E-state index in [1.54, 1.807) is 6.92 Å². The monoisotopic (exact) mass is 587 g/mol. The Hall–Kier alpha value is -1.51. The van der Waals surface area contributed by atoms with Gasteiger partial charge in [0.1, 0.15) is 6.10 Å². The molecule has 0 bridgehead atoms. The van der Waals surface area contributed by atoms with E-state index in [4.69, 9.17) is 30.6 Å². The van der Waals surface area contributed by atoms with Crippen molar-refractivity contribution in [1.29, 1.82) is 0 Å². The third-order valence-electron chi connectivity index (χ3n) is 5.47. The van der Waals surface area contributed by atoms with Crippen molar-refractivity contribution in [3.8, 4) is 0 Å². The fraction of sp³-hybridized carbons (Fsp3) is 0.632. The molecule has 18 heteroatoms. The van der Waals surface area contributed by atoms with Crippen LogP contribution in [0.5, 0.6) is 0 Å². The van der Waals surface area contributed by atoms with Gasteiger partial charge < -0.3 is 39.5 Å². The second-order valence-corrected chi connectivity index (χ2v) is 12.7.